The molecule has 0 saturated carbocycles. The number of rotatable bonds is 9. The standard InChI is InChI=1S/C15H26N2O3/c1-17(2)10-6-9-16-11-12-7-8-13(18-3)15(20-5)14(12)19-4/h7-8,16H,6,9-11H2,1-5H3/p+2. The third-order valence-corrected chi connectivity index (χ3v) is 3.24. The fourth-order valence-electron chi connectivity index (χ4n) is 2.18. The molecule has 0 radical (unpaired) electrons. The predicted molar refractivity (Wildman–Crippen MR) is 78.9 cm³/mol. The van der Waals surface area contributed by atoms with Crippen LogP contribution in [0.25, 0.3) is 0 Å². The lowest BCUT2D eigenvalue weighted by molar-refractivity contribution is -0.860. The molecule has 5 heteroatoms. The number of nitrogens with two attached hydrogens (primary N) is 1. The second kappa shape index (κ2) is 8.66. The van der Waals surface area contributed by atoms with Crippen LogP contribution < -0.4 is 24.4 Å². The van der Waals surface area contributed by atoms with Crippen LogP contribution in [-0.2, 0) is 6.54 Å². The van der Waals surface area contributed by atoms with Gasteiger partial charge in [0.2, 0.25) is 5.75 Å². The molecule has 0 atom stereocenters. The van der Waals surface area contributed by atoms with E-state index in [2.05, 4.69) is 19.4 Å². The molecule has 0 heterocycles. The van der Waals surface area contributed by atoms with Crippen LogP contribution in [0.3, 0.4) is 0 Å². The molecular formula is C15H28N2O3+2. The molecular weight excluding hydrogens is 256 g/mol. The number of hydrogen-bond donors (Lipinski definition) is 2. The Balaban J connectivity index is 2.65. The maximum absolute atomic E-state index is 5.48. The van der Waals surface area contributed by atoms with E-state index in [9.17, 15) is 0 Å². The molecule has 1 aromatic rings. The van der Waals surface area contributed by atoms with E-state index in [1.807, 2.05) is 12.1 Å². The zero-order valence-corrected chi connectivity index (χ0v) is 13.3. The number of ether oxygens (including phenoxy) is 3. The van der Waals surface area contributed by atoms with Gasteiger partial charge in [-0.1, -0.05) is 0 Å². The highest BCUT2D eigenvalue weighted by Crippen LogP contribution is 2.39. The fraction of sp³-hybridized carbons (Fsp3) is 0.600. The van der Waals surface area contributed by atoms with Crippen molar-refractivity contribution in [2.75, 3.05) is 48.5 Å². The quantitative estimate of drug-likeness (QED) is 0.590. The summed E-state index contributed by atoms with van der Waals surface area (Å²) in [5, 5.41) is 2.30. The minimum atomic E-state index is 0.665. The van der Waals surface area contributed by atoms with E-state index >= 15 is 0 Å². The highest BCUT2D eigenvalue weighted by Gasteiger charge is 2.16. The Morgan fingerprint density at radius 2 is 1.70 bits per heavy atom. The van der Waals surface area contributed by atoms with E-state index < -0.39 is 0 Å². The Hall–Kier alpha value is -1.46. The third-order valence-electron chi connectivity index (χ3n) is 3.24. The summed E-state index contributed by atoms with van der Waals surface area (Å²) in [6.45, 7) is 3.19. The molecule has 0 aromatic heterocycles. The summed E-state index contributed by atoms with van der Waals surface area (Å²) in [6, 6.07) is 3.96. The molecule has 0 aliphatic carbocycles. The van der Waals surface area contributed by atoms with Crippen LogP contribution in [-0.4, -0.2) is 48.5 Å². The van der Waals surface area contributed by atoms with E-state index in [0.29, 0.717) is 11.5 Å². The SMILES string of the molecule is COc1ccc(C[NH2+]CCC[NH+](C)C)c(OC)c1OC. The first kappa shape index (κ1) is 16.6. The van der Waals surface area contributed by atoms with Gasteiger partial charge < -0.3 is 24.4 Å². The Morgan fingerprint density at radius 3 is 2.25 bits per heavy atom. The lowest BCUT2D eigenvalue weighted by Gasteiger charge is -2.15. The van der Waals surface area contributed by atoms with Crippen LogP contribution in [0.5, 0.6) is 17.2 Å². The largest absolute Gasteiger partial charge is 0.493 e. The molecule has 0 spiro atoms. The van der Waals surface area contributed by atoms with Gasteiger partial charge >= 0.3 is 0 Å². The lowest BCUT2D eigenvalue weighted by Crippen LogP contribution is -3.06. The molecule has 0 unspecified atom stereocenters. The molecule has 1 rings (SSSR count). The molecule has 0 fully saturated rings. The Morgan fingerprint density at radius 1 is 1.00 bits per heavy atom. The predicted octanol–water partition coefficient (Wildman–Crippen LogP) is -0.690. The van der Waals surface area contributed by atoms with Gasteiger partial charge in [-0.15, -0.1) is 0 Å². The number of methoxy groups -OCH3 is 3. The second-order valence-electron chi connectivity index (χ2n) is 5.09. The van der Waals surface area contributed by atoms with E-state index in [4.69, 9.17) is 14.2 Å². The van der Waals surface area contributed by atoms with Gasteiger partial charge in [0.05, 0.1) is 54.1 Å². The van der Waals surface area contributed by atoms with Crippen molar-refractivity contribution in [3.05, 3.63) is 17.7 Å². The summed E-state index contributed by atoms with van der Waals surface area (Å²) in [4.78, 5) is 1.49. The van der Waals surface area contributed by atoms with E-state index in [1.165, 1.54) is 17.9 Å². The van der Waals surface area contributed by atoms with Crippen LogP contribution in [0.4, 0.5) is 0 Å². The van der Waals surface area contributed by atoms with Gasteiger partial charge in [-0.05, 0) is 12.1 Å². The first-order valence-electron chi connectivity index (χ1n) is 7.02. The summed E-state index contributed by atoms with van der Waals surface area (Å²) < 4.78 is 16.2. The zero-order valence-electron chi connectivity index (χ0n) is 13.3. The molecule has 0 bridgehead atoms. The summed E-state index contributed by atoms with van der Waals surface area (Å²) in [7, 11) is 9.28. The first-order chi connectivity index (χ1) is 9.63. The van der Waals surface area contributed by atoms with Crippen molar-refractivity contribution in [2.45, 2.75) is 13.0 Å². The van der Waals surface area contributed by atoms with Crippen LogP contribution in [0, 0.1) is 0 Å². The maximum Gasteiger partial charge on any atom is 0.203 e. The molecule has 0 amide bonds. The number of hydrogen-bond acceptors (Lipinski definition) is 3. The normalized spacial score (nSPS) is 10.7. The van der Waals surface area contributed by atoms with Crippen LogP contribution >= 0.6 is 0 Å². The fourth-order valence-corrected chi connectivity index (χ4v) is 2.18. The van der Waals surface area contributed by atoms with E-state index in [0.717, 1.165) is 24.4 Å². The monoisotopic (exact) mass is 284 g/mol. The Bertz CT molecular complexity index is 408. The molecule has 0 aliphatic heterocycles. The average Bonchev–Trinajstić information content (AvgIpc) is 2.45. The van der Waals surface area contributed by atoms with Gasteiger partial charge in [-0.2, -0.15) is 0 Å². The summed E-state index contributed by atoms with van der Waals surface area (Å²) in [6.07, 6.45) is 1.21. The highest BCUT2D eigenvalue weighted by molar-refractivity contribution is 5.55. The Kier molecular flexibility index (Phi) is 7.18. The molecule has 1 aromatic carbocycles. The van der Waals surface area contributed by atoms with Crippen molar-refractivity contribution >= 4 is 0 Å². The van der Waals surface area contributed by atoms with Crippen molar-refractivity contribution in [1.29, 1.82) is 0 Å². The van der Waals surface area contributed by atoms with Gasteiger partial charge in [-0.3, -0.25) is 0 Å². The third kappa shape index (κ3) is 4.58. The summed E-state index contributed by atoms with van der Waals surface area (Å²) >= 11 is 0. The van der Waals surface area contributed by atoms with Gasteiger partial charge in [0.15, 0.2) is 11.5 Å². The Labute approximate surface area is 121 Å². The summed E-state index contributed by atoms with van der Waals surface area (Å²) in [5.41, 5.74) is 1.13. The zero-order chi connectivity index (χ0) is 15.0. The van der Waals surface area contributed by atoms with E-state index in [1.54, 1.807) is 21.3 Å². The minimum Gasteiger partial charge on any atom is -0.493 e. The van der Waals surface area contributed by atoms with Gasteiger partial charge in [0.25, 0.3) is 0 Å². The van der Waals surface area contributed by atoms with Gasteiger partial charge in [0, 0.05) is 6.42 Å². The minimum absolute atomic E-state index is 0.665. The van der Waals surface area contributed by atoms with Crippen LogP contribution in [0.2, 0.25) is 0 Å². The average molecular weight is 284 g/mol. The topological polar surface area (TPSA) is 48.7 Å². The van der Waals surface area contributed by atoms with Crippen LogP contribution in [0.15, 0.2) is 12.1 Å². The van der Waals surface area contributed by atoms with Crippen molar-refractivity contribution in [1.82, 2.24) is 0 Å². The molecule has 0 saturated heterocycles. The van der Waals surface area contributed by atoms with E-state index in [-0.39, 0.29) is 0 Å². The molecule has 3 N–H and O–H groups in total. The molecule has 0 aliphatic rings. The summed E-state index contributed by atoms with van der Waals surface area (Å²) in [5.74, 6) is 2.13. The van der Waals surface area contributed by atoms with Crippen molar-refractivity contribution in [3.8, 4) is 17.2 Å². The molecule has 20 heavy (non-hydrogen) atoms. The second-order valence-corrected chi connectivity index (χ2v) is 5.09. The highest BCUT2D eigenvalue weighted by atomic mass is 16.5. The van der Waals surface area contributed by atoms with Crippen molar-refractivity contribution < 1.29 is 24.4 Å². The maximum atomic E-state index is 5.48. The lowest BCUT2D eigenvalue weighted by atomic mass is 10.1. The van der Waals surface area contributed by atoms with Crippen molar-refractivity contribution in [2.24, 2.45) is 0 Å². The first-order valence-corrected chi connectivity index (χ1v) is 7.02. The molecule has 114 valence electrons. The molecule has 5 nitrogen and oxygen atoms in total. The number of quaternary nitrogens is 2. The number of benzene rings is 1. The van der Waals surface area contributed by atoms with Gasteiger partial charge in [0.1, 0.15) is 6.54 Å². The van der Waals surface area contributed by atoms with Gasteiger partial charge in [-0.25, -0.2) is 0 Å². The number of nitrogens with one attached hydrogen (secondary N) is 1. The van der Waals surface area contributed by atoms with Crippen molar-refractivity contribution in [3.63, 3.8) is 0 Å². The van der Waals surface area contributed by atoms with Crippen LogP contribution in [0.1, 0.15) is 12.0 Å². The smallest absolute Gasteiger partial charge is 0.203 e.